The van der Waals surface area contributed by atoms with Crippen LogP contribution in [0, 0.1) is 6.92 Å². The highest BCUT2D eigenvalue weighted by Crippen LogP contribution is 2.28. The zero-order chi connectivity index (χ0) is 16.1. The maximum absolute atomic E-state index is 12.2. The number of aryl methyl sites for hydroxylation is 1. The molecule has 1 amide bonds. The quantitative estimate of drug-likeness (QED) is 0.878. The number of hydrogen-bond acceptors (Lipinski definition) is 3. The molecule has 22 heavy (non-hydrogen) atoms. The molecule has 0 bridgehead atoms. The summed E-state index contributed by atoms with van der Waals surface area (Å²) in [6, 6.07) is 6.15. The maximum Gasteiger partial charge on any atom is 0.260 e. The third-order valence-electron chi connectivity index (χ3n) is 3.99. The summed E-state index contributed by atoms with van der Waals surface area (Å²) in [6.45, 7) is 9.43. The minimum atomic E-state index is -0.513. The Morgan fingerprint density at radius 1 is 1.41 bits per heavy atom. The van der Waals surface area contributed by atoms with Crippen LogP contribution in [0.5, 0.6) is 5.75 Å². The Bertz CT molecular complexity index is 507. The van der Waals surface area contributed by atoms with Crippen LogP contribution < -0.4 is 10.1 Å². The maximum atomic E-state index is 12.2. The summed E-state index contributed by atoms with van der Waals surface area (Å²) in [5.41, 5.74) is 2.26. The lowest BCUT2D eigenvalue weighted by molar-refractivity contribution is -0.127. The van der Waals surface area contributed by atoms with Gasteiger partial charge in [0.15, 0.2) is 6.10 Å². The first-order chi connectivity index (χ1) is 10.5. The van der Waals surface area contributed by atoms with Crippen LogP contribution in [0.2, 0.25) is 0 Å². The van der Waals surface area contributed by atoms with Gasteiger partial charge in [-0.05, 0) is 49.8 Å². The molecule has 1 fully saturated rings. The second-order valence-electron chi connectivity index (χ2n) is 6.34. The standard InChI is InChI=1S/C18H27NO3/c1-12(2)16-8-7-13(3)10-17(16)22-14(4)18(20)19-11-15-6-5-9-21-15/h7-8,10,12,14-15H,5-6,9,11H2,1-4H3,(H,19,20)/t14-,15+/m1/s1. The van der Waals surface area contributed by atoms with Crippen LogP contribution in [0.25, 0.3) is 0 Å². The lowest BCUT2D eigenvalue weighted by atomic mass is 10.0. The molecule has 0 spiro atoms. The van der Waals surface area contributed by atoms with Gasteiger partial charge in [0.25, 0.3) is 5.91 Å². The molecule has 0 unspecified atom stereocenters. The molecule has 1 aromatic rings. The van der Waals surface area contributed by atoms with Crippen molar-refractivity contribution in [2.45, 2.75) is 58.7 Å². The zero-order valence-electron chi connectivity index (χ0n) is 14.0. The number of amides is 1. The zero-order valence-corrected chi connectivity index (χ0v) is 14.0. The fourth-order valence-electron chi connectivity index (χ4n) is 2.63. The van der Waals surface area contributed by atoms with Gasteiger partial charge in [0.1, 0.15) is 5.75 Å². The van der Waals surface area contributed by atoms with Gasteiger partial charge >= 0.3 is 0 Å². The smallest absolute Gasteiger partial charge is 0.260 e. The number of ether oxygens (including phenoxy) is 2. The van der Waals surface area contributed by atoms with Gasteiger partial charge in [-0.3, -0.25) is 4.79 Å². The van der Waals surface area contributed by atoms with Crippen LogP contribution in [0.4, 0.5) is 0 Å². The highest BCUT2D eigenvalue weighted by molar-refractivity contribution is 5.80. The van der Waals surface area contributed by atoms with Gasteiger partial charge in [0.2, 0.25) is 0 Å². The monoisotopic (exact) mass is 305 g/mol. The van der Waals surface area contributed by atoms with Crippen molar-refractivity contribution in [3.05, 3.63) is 29.3 Å². The van der Waals surface area contributed by atoms with E-state index in [1.807, 2.05) is 13.0 Å². The molecule has 0 radical (unpaired) electrons. The van der Waals surface area contributed by atoms with E-state index in [2.05, 4.69) is 31.3 Å². The Kier molecular flexibility index (Phi) is 5.83. The van der Waals surface area contributed by atoms with Gasteiger partial charge in [-0.25, -0.2) is 0 Å². The molecule has 0 aliphatic carbocycles. The molecular formula is C18H27NO3. The van der Waals surface area contributed by atoms with Gasteiger partial charge < -0.3 is 14.8 Å². The SMILES string of the molecule is Cc1ccc(C(C)C)c(O[C@H](C)C(=O)NC[C@@H]2CCCO2)c1. The van der Waals surface area contributed by atoms with E-state index in [1.165, 1.54) is 0 Å². The largest absolute Gasteiger partial charge is 0.481 e. The molecular weight excluding hydrogens is 278 g/mol. The molecule has 2 rings (SSSR count). The Morgan fingerprint density at radius 3 is 2.82 bits per heavy atom. The Morgan fingerprint density at radius 2 is 2.18 bits per heavy atom. The molecule has 4 nitrogen and oxygen atoms in total. The van der Waals surface area contributed by atoms with Crippen molar-refractivity contribution in [1.29, 1.82) is 0 Å². The lowest BCUT2D eigenvalue weighted by Gasteiger charge is -2.20. The van der Waals surface area contributed by atoms with Crippen LogP contribution in [0.3, 0.4) is 0 Å². The van der Waals surface area contributed by atoms with E-state index in [9.17, 15) is 4.79 Å². The molecule has 1 aromatic carbocycles. The van der Waals surface area contributed by atoms with Crippen molar-refractivity contribution in [2.24, 2.45) is 0 Å². The van der Waals surface area contributed by atoms with Crippen LogP contribution in [0.1, 0.15) is 50.7 Å². The van der Waals surface area contributed by atoms with E-state index in [-0.39, 0.29) is 12.0 Å². The summed E-state index contributed by atoms with van der Waals surface area (Å²) < 4.78 is 11.4. The van der Waals surface area contributed by atoms with Gasteiger partial charge in [0.05, 0.1) is 6.10 Å². The lowest BCUT2D eigenvalue weighted by Crippen LogP contribution is -2.40. The predicted octanol–water partition coefficient (Wildman–Crippen LogP) is 3.18. The molecule has 1 aliphatic heterocycles. The normalized spacial score (nSPS) is 19.2. The second kappa shape index (κ2) is 7.63. The highest BCUT2D eigenvalue weighted by atomic mass is 16.5. The van der Waals surface area contributed by atoms with E-state index < -0.39 is 6.10 Å². The number of benzene rings is 1. The van der Waals surface area contributed by atoms with E-state index >= 15 is 0 Å². The summed E-state index contributed by atoms with van der Waals surface area (Å²) in [5, 5.41) is 2.92. The predicted molar refractivity (Wildman–Crippen MR) is 87.3 cm³/mol. The van der Waals surface area contributed by atoms with Crippen molar-refractivity contribution in [1.82, 2.24) is 5.32 Å². The van der Waals surface area contributed by atoms with Crippen molar-refractivity contribution in [3.8, 4) is 5.75 Å². The first-order valence-corrected chi connectivity index (χ1v) is 8.14. The Balaban J connectivity index is 1.94. The van der Waals surface area contributed by atoms with Crippen LogP contribution in [-0.4, -0.2) is 31.3 Å². The molecule has 1 aliphatic rings. The average molecular weight is 305 g/mol. The van der Waals surface area contributed by atoms with E-state index in [1.54, 1.807) is 6.92 Å². The summed E-state index contributed by atoms with van der Waals surface area (Å²) in [7, 11) is 0. The number of rotatable bonds is 6. The molecule has 1 saturated heterocycles. The van der Waals surface area contributed by atoms with Gasteiger partial charge in [-0.1, -0.05) is 26.0 Å². The molecule has 0 saturated carbocycles. The third-order valence-corrected chi connectivity index (χ3v) is 3.99. The van der Waals surface area contributed by atoms with Crippen molar-refractivity contribution in [2.75, 3.05) is 13.2 Å². The first-order valence-electron chi connectivity index (χ1n) is 8.14. The molecule has 122 valence electrons. The van der Waals surface area contributed by atoms with Crippen molar-refractivity contribution in [3.63, 3.8) is 0 Å². The Hall–Kier alpha value is -1.55. The number of carbonyl (C=O) groups is 1. The van der Waals surface area contributed by atoms with Crippen LogP contribution in [0.15, 0.2) is 18.2 Å². The minimum absolute atomic E-state index is 0.0910. The molecule has 1 N–H and O–H groups in total. The second-order valence-corrected chi connectivity index (χ2v) is 6.34. The molecule has 4 heteroatoms. The van der Waals surface area contributed by atoms with E-state index in [0.717, 1.165) is 36.3 Å². The fourth-order valence-corrected chi connectivity index (χ4v) is 2.63. The Labute approximate surface area is 133 Å². The number of hydrogen-bond donors (Lipinski definition) is 1. The molecule has 0 aromatic heterocycles. The first kappa shape index (κ1) is 16.8. The van der Waals surface area contributed by atoms with Crippen LogP contribution in [-0.2, 0) is 9.53 Å². The van der Waals surface area contributed by atoms with E-state index in [4.69, 9.17) is 9.47 Å². The summed E-state index contributed by atoms with van der Waals surface area (Å²) >= 11 is 0. The molecule has 2 atom stereocenters. The topological polar surface area (TPSA) is 47.6 Å². The van der Waals surface area contributed by atoms with Crippen molar-refractivity contribution < 1.29 is 14.3 Å². The van der Waals surface area contributed by atoms with E-state index in [0.29, 0.717) is 12.5 Å². The number of carbonyl (C=O) groups excluding carboxylic acids is 1. The highest BCUT2D eigenvalue weighted by Gasteiger charge is 2.20. The average Bonchev–Trinajstić information content (AvgIpc) is 2.97. The van der Waals surface area contributed by atoms with Gasteiger partial charge in [-0.15, -0.1) is 0 Å². The minimum Gasteiger partial charge on any atom is -0.481 e. The van der Waals surface area contributed by atoms with Gasteiger partial charge in [0, 0.05) is 13.2 Å². The van der Waals surface area contributed by atoms with Gasteiger partial charge in [-0.2, -0.15) is 0 Å². The molecule has 1 heterocycles. The third kappa shape index (κ3) is 4.47. The summed E-state index contributed by atoms with van der Waals surface area (Å²) in [5.74, 6) is 1.07. The van der Waals surface area contributed by atoms with Crippen molar-refractivity contribution >= 4 is 5.91 Å². The number of nitrogens with one attached hydrogen (secondary N) is 1. The summed E-state index contributed by atoms with van der Waals surface area (Å²) in [4.78, 5) is 12.2. The van der Waals surface area contributed by atoms with Crippen LogP contribution >= 0.6 is 0 Å². The fraction of sp³-hybridized carbons (Fsp3) is 0.611. The summed E-state index contributed by atoms with van der Waals surface area (Å²) in [6.07, 6.45) is 1.74.